The molecule has 0 aromatic heterocycles. The third kappa shape index (κ3) is 9.50. The molecule has 5 heteroatoms. The monoisotopic (exact) mass is 353 g/mol. The second-order valence-electron chi connectivity index (χ2n) is 2.17. The van der Waals surface area contributed by atoms with E-state index in [9.17, 15) is 14.4 Å². The Kier molecular flexibility index (Phi) is 8.39. The fraction of sp³-hybridized carbons (Fsp3) is 0.571. The number of carbonyl (C=O) groups is 3. The predicted molar refractivity (Wildman–Crippen MR) is 36.7 cm³/mol. The maximum Gasteiger partial charge on any atom is 0.313 e. The number of esters is 2. The molecule has 72 valence electrons. The van der Waals surface area contributed by atoms with Gasteiger partial charge in [-0.1, -0.05) is 0 Å². The molecule has 0 saturated heterocycles. The van der Waals surface area contributed by atoms with Crippen LogP contribution >= 0.6 is 0 Å². The topological polar surface area (TPSA) is 60.4 Å². The van der Waals surface area contributed by atoms with Gasteiger partial charge in [-0.25, -0.2) is 0 Å². The minimum absolute atomic E-state index is 0. The molecular weight excluding hydrogens is 343 g/mol. The summed E-state index contributed by atoms with van der Waals surface area (Å²) in [5, 5.41) is 0. The van der Waals surface area contributed by atoms with Gasteiger partial charge in [0.1, 0.15) is 5.78 Å². The largest absolute Gasteiger partial charge is 0.393 e. The Morgan fingerprint density at radius 1 is 1.08 bits per heavy atom. The van der Waals surface area contributed by atoms with Gasteiger partial charge in [-0.2, -0.15) is 0 Å². The Hall–Kier alpha value is -0.502. The molecule has 0 radical (unpaired) electrons. The van der Waals surface area contributed by atoms with Crippen molar-refractivity contribution in [2.24, 2.45) is 0 Å². The summed E-state index contributed by atoms with van der Waals surface area (Å²) in [6, 6.07) is 0. The van der Waals surface area contributed by atoms with Crippen molar-refractivity contribution in [2.75, 3.05) is 0 Å². The molecule has 0 amide bonds. The number of Topliss-reactive ketones (excluding diaryl/α,β-unsaturated/α-hetero) is 1. The van der Waals surface area contributed by atoms with E-state index in [1.807, 2.05) is 0 Å². The molecular formula is C7H10O4Pt. The molecule has 0 aliphatic rings. The van der Waals surface area contributed by atoms with Crippen molar-refractivity contribution in [3.63, 3.8) is 0 Å². The zero-order valence-electron chi connectivity index (χ0n) is 6.86. The molecule has 0 aromatic carbocycles. The van der Waals surface area contributed by atoms with Gasteiger partial charge in [-0.05, 0) is 6.92 Å². The molecule has 0 saturated carbocycles. The zero-order chi connectivity index (χ0) is 8.85. The van der Waals surface area contributed by atoms with Gasteiger partial charge in [0.2, 0.25) is 0 Å². The average molecular weight is 353 g/mol. The molecule has 0 unspecified atom stereocenters. The Morgan fingerprint density at radius 3 is 1.92 bits per heavy atom. The van der Waals surface area contributed by atoms with E-state index in [-0.39, 0.29) is 39.7 Å². The van der Waals surface area contributed by atoms with Crippen LogP contribution in [0.5, 0.6) is 0 Å². The van der Waals surface area contributed by atoms with Crippen LogP contribution in [0.1, 0.15) is 26.7 Å². The van der Waals surface area contributed by atoms with Crippen LogP contribution in [0.15, 0.2) is 0 Å². The summed E-state index contributed by atoms with van der Waals surface area (Å²) in [6.45, 7) is 2.52. The van der Waals surface area contributed by atoms with Gasteiger partial charge in [0.15, 0.2) is 0 Å². The van der Waals surface area contributed by atoms with Crippen molar-refractivity contribution in [3.8, 4) is 0 Å². The summed E-state index contributed by atoms with van der Waals surface area (Å²) >= 11 is 0. The van der Waals surface area contributed by atoms with E-state index in [0.717, 1.165) is 6.92 Å². The summed E-state index contributed by atoms with van der Waals surface area (Å²) < 4.78 is 4.17. The van der Waals surface area contributed by atoms with E-state index in [4.69, 9.17) is 0 Å². The van der Waals surface area contributed by atoms with Crippen molar-refractivity contribution >= 4 is 17.7 Å². The quantitative estimate of drug-likeness (QED) is 0.546. The molecule has 0 aliphatic carbocycles. The van der Waals surface area contributed by atoms with E-state index in [1.54, 1.807) is 0 Å². The van der Waals surface area contributed by atoms with E-state index in [1.165, 1.54) is 6.92 Å². The van der Waals surface area contributed by atoms with Gasteiger partial charge in [0, 0.05) is 34.4 Å². The van der Waals surface area contributed by atoms with Gasteiger partial charge >= 0.3 is 11.9 Å². The van der Waals surface area contributed by atoms with Gasteiger partial charge < -0.3 is 9.53 Å². The van der Waals surface area contributed by atoms with Crippen LogP contribution < -0.4 is 0 Å². The van der Waals surface area contributed by atoms with Crippen molar-refractivity contribution in [1.29, 1.82) is 0 Å². The summed E-state index contributed by atoms with van der Waals surface area (Å²) in [5.41, 5.74) is 0. The molecule has 12 heavy (non-hydrogen) atoms. The summed E-state index contributed by atoms with van der Waals surface area (Å²) in [6.07, 6.45) is 0.112. The Bertz CT molecular complexity index is 188. The van der Waals surface area contributed by atoms with Crippen LogP contribution in [0.25, 0.3) is 0 Å². The molecule has 0 aromatic rings. The SMILES string of the molecule is CC(=O)CCC(=O)OC(C)=O.[Pt]. The maximum absolute atomic E-state index is 10.6. The van der Waals surface area contributed by atoms with E-state index in [0.29, 0.717) is 0 Å². The molecule has 0 fully saturated rings. The number of hydrogen-bond acceptors (Lipinski definition) is 4. The molecule has 0 aliphatic heterocycles. The van der Waals surface area contributed by atoms with Crippen LogP contribution in [0.4, 0.5) is 0 Å². The summed E-state index contributed by atoms with van der Waals surface area (Å²) in [5.74, 6) is -1.38. The fourth-order valence-corrected chi connectivity index (χ4v) is 0.489. The number of ether oxygens (including phenoxy) is 1. The third-order valence-corrected chi connectivity index (χ3v) is 0.939. The predicted octanol–water partition coefficient (Wildman–Crippen LogP) is 0.443. The maximum atomic E-state index is 10.6. The second kappa shape index (κ2) is 7.16. The summed E-state index contributed by atoms with van der Waals surface area (Å²) in [4.78, 5) is 31.1. The first-order valence-corrected chi connectivity index (χ1v) is 3.23. The van der Waals surface area contributed by atoms with Crippen molar-refractivity contribution in [2.45, 2.75) is 26.7 Å². The Labute approximate surface area is 84.9 Å². The number of ketones is 1. The van der Waals surface area contributed by atoms with Gasteiger partial charge in [-0.15, -0.1) is 0 Å². The van der Waals surface area contributed by atoms with Crippen LogP contribution in [-0.2, 0) is 40.2 Å². The minimum Gasteiger partial charge on any atom is -0.393 e. The molecule has 0 atom stereocenters. The first-order valence-electron chi connectivity index (χ1n) is 3.23. The normalized spacial score (nSPS) is 8.17. The fourth-order valence-electron chi connectivity index (χ4n) is 0.489. The van der Waals surface area contributed by atoms with Crippen LogP contribution in [0.3, 0.4) is 0 Å². The van der Waals surface area contributed by atoms with E-state index < -0.39 is 11.9 Å². The average Bonchev–Trinajstić information content (AvgIpc) is 1.82. The van der Waals surface area contributed by atoms with Gasteiger partial charge in [-0.3, -0.25) is 9.59 Å². The van der Waals surface area contributed by atoms with Gasteiger partial charge in [0.25, 0.3) is 0 Å². The van der Waals surface area contributed by atoms with Crippen LogP contribution in [-0.4, -0.2) is 17.7 Å². The minimum atomic E-state index is -0.646. The standard InChI is InChI=1S/C7H10O4.Pt/c1-5(8)3-4-7(10)11-6(2)9;/h3-4H2,1-2H3;. The molecule has 0 rings (SSSR count). The zero-order valence-corrected chi connectivity index (χ0v) is 9.14. The molecule has 0 bridgehead atoms. The Balaban J connectivity index is 0. The number of hydrogen-bond donors (Lipinski definition) is 0. The number of rotatable bonds is 3. The summed E-state index contributed by atoms with van der Waals surface area (Å²) in [7, 11) is 0. The first kappa shape index (κ1) is 14.0. The van der Waals surface area contributed by atoms with Crippen LogP contribution in [0.2, 0.25) is 0 Å². The first-order chi connectivity index (χ1) is 5.02. The van der Waals surface area contributed by atoms with Crippen molar-refractivity contribution in [3.05, 3.63) is 0 Å². The van der Waals surface area contributed by atoms with Crippen LogP contribution in [0, 0.1) is 0 Å². The molecule has 4 nitrogen and oxygen atoms in total. The van der Waals surface area contributed by atoms with Crippen molar-refractivity contribution in [1.82, 2.24) is 0 Å². The smallest absolute Gasteiger partial charge is 0.313 e. The van der Waals surface area contributed by atoms with Gasteiger partial charge in [0.05, 0.1) is 6.42 Å². The van der Waals surface area contributed by atoms with E-state index in [2.05, 4.69) is 4.74 Å². The second-order valence-corrected chi connectivity index (χ2v) is 2.17. The molecule has 0 heterocycles. The van der Waals surface area contributed by atoms with Crippen molar-refractivity contribution < 1.29 is 40.2 Å². The molecule has 0 N–H and O–H groups in total. The van der Waals surface area contributed by atoms with E-state index >= 15 is 0 Å². The number of carbonyl (C=O) groups excluding carboxylic acids is 3. The third-order valence-electron chi connectivity index (χ3n) is 0.939. The molecule has 0 spiro atoms. The Morgan fingerprint density at radius 2 is 1.58 bits per heavy atom.